The van der Waals surface area contributed by atoms with Gasteiger partial charge in [0, 0.05) is 25.2 Å². The smallest absolute Gasteiger partial charge is 0.0831 e. The van der Waals surface area contributed by atoms with Gasteiger partial charge >= 0.3 is 0 Å². The van der Waals surface area contributed by atoms with Crippen LogP contribution < -0.4 is 5.32 Å². The predicted molar refractivity (Wildman–Crippen MR) is 57.2 cm³/mol. The van der Waals surface area contributed by atoms with Crippen molar-refractivity contribution in [2.24, 2.45) is 5.92 Å². The highest BCUT2D eigenvalue weighted by molar-refractivity contribution is 4.91. The Labute approximate surface area is 86.5 Å². The monoisotopic (exact) mass is 198 g/mol. The molecule has 0 spiro atoms. The van der Waals surface area contributed by atoms with E-state index in [4.69, 9.17) is 0 Å². The van der Waals surface area contributed by atoms with E-state index < -0.39 is 0 Å². The third-order valence-corrected chi connectivity index (χ3v) is 4.15. The highest BCUT2D eigenvalue weighted by Crippen LogP contribution is 2.32. The van der Waals surface area contributed by atoms with Gasteiger partial charge in [0.2, 0.25) is 0 Å². The van der Waals surface area contributed by atoms with E-state index in [-0.39, 0.29) is 6.10 Å². The summed E-state index contributed by atoms with van der Waals surface area (Å²) in [6.45, 7) is 4.00. The summed E-state index contributed by atoms with van der Waals surface area (Å²) in [6, 6.07) is 0.953. The Morgan fingerprint density at radius 2 is 2.07 bits per heavy atom. The molecule has 14 heavy (non-hydrogen) atoms. The summed E-state index contributed by atoms with van der Waals surface area (Å²) in [5.41, 5.74) is 0. The van der Waals surface area contributed by atoms with Gasteiger partial charge in [-0.1, -0.05) is 6.42 Å². The Kier molecular flexibility index (Phi) is 3.10. The molecule has 0 radical (unpaired) electrons. The van der Waals surface area contributed by atoms with Crippen molar-refractivity contribution in [2.45, 2.75) is 44.4 Å². The molecule has 3 heteroatoms. The molecule has 2 aliphatic rings. The molecule has 1 heterocycles. The minimum atomic E-state index is -0.178. The summed E-state index contributed by atoms with van der Waals surface area (Å²) in [7, 11) is 2.16. The molecule has 2 rings (SSSR count). The fourth-order valence-electron chi connectivity index (χ4n) is 2.62. The normalized spacial score (nSPS) is 36.0. The van der Waals surface area contributed by atoms with Gasteiger partial charge in [-0.2, -0.15) is 0 Å². The topological polar surface area (TPSA) is 35.5 Å². The molecule has 2 N–H and O–H groups in total. The lowest BCUT2D eigenvalue weighted by Gasteiger charge is -2.40. The van der Waals surface area contributed by atoms with Gasteiger partial charge in [0.05, 0.1) is 6.10 Å². The van der Waals surface area contributed by atoms with Crippen LogP contribution in [-0.4, -0.2) is 48.3 Å². The molecule has 1 saturated carbocycles. The highest BCUT2D eigenvalue weighted by Gasteiger charge is 2.35. The average Bonchev–Trinajstić information content (AvgIpc) is 2.47. The molecule has 82 valence electrons. The van der Waals surface area contributed by atoms with Crippen LogP contribution >= 0.6 is 0 Å². The maximum atomic E-state index is 9.78. The number of rotatable bonds is 3. The number of nitrogens with one attached hydrogen (secondary N) is 1. The Morgan fingerprint density at radius 1 is 1.36 bits per heavy atom. The number of likely N-dealkylation sites (N-methyl/N-ethyl adjacent to an activating group) is 1. The summed E-state index contributed by atoms with van der Waals surface area (Å²) >= 11 is 0. The van der Waals surface area contributed by atoms with Crippen LogP contribution in [0.15, 0.2) is 0 Å². The fraction of sp³-hybridized carbons (Fsp3) is 1.00. The molecular weight excluding hydrogens is 176 g/mol. The van der Waals surface area contributed by atoms with Crippen molar-refractivity contribution in [1.29, 1.82) is 0 Å². The summed E-state index contributed by atoms with van der Waals surface area (Å²) in [6.07, 6.45) is 3.97. The van der Waals surface area contributed by atoms with E-state index in [1.54, 1.807) is 0 Å². The molecule has 3 atom stereocenters. The minimum absolute atomic E-state index is 0.178. The van der Waals surface area contributed by atoms with Crippen LogP contribution in [0.1, 0.15) is 26.2 Å². The fourth-order valence-corrected chi connectivity index (χ4v) is 2.62. The van der Waals surface area contributed by atoms with Crippen molar-refractivity contribution < 1.29 is 5.11 Å². The first-order valence-corrected chi connectivity index (χ1v) is 5.81. The first-order valence-electron chi connectivity index (χ1n) is 5.81. The largest absolute Gasteiger partial charge is 0.390 e. The maximum absolute atomic E-state index is 9.78. The van der Waals surface area contributed by atoms with Crippen LogP contribution in [0.4, 0.5) is 0 Å². The number of aliphatic hydroxyl groups is 1. The molecule has 1 aliphatic heterocycles. The van der Waals surface area contributed by atoms with Gasteiger partial charge in [-0.15, -0.1) is 0 Å². The van der Waals surface area contributed by atoms with E-state index >= 15 is 0 Å². The lowest BCUT2D eigenvalue weighted by atomic mass is 9.79. The second kappa shape index (κ2) is 4.17. The molecule has 1 aliphatic carbocycles. The Balaban J connectivity index is 1.89. The number of hydrogen-bond acceptors (Lipinski definition) is 3. The summed E-state index contributed by atoms with van der Waals surface area (Å²) in [5, 5.41) is 13.0. The van der Waals surface area contributed by atoms with Crippen LogP contribution in [0.5, 0.6) is 0 Å². The molecule has 0 bridgehead atoms. The molecular formula is C11H22N2O. The van der Waals surface area contributed by atoms with E-state index in [0.717, 1.165) is 19.0 Å². The van der Waals surface area contributed by atoms with Crippen LogP contribution in [0.3, 0.4) is 0 Å². The van der Waals surface area contributed by atoms with E-state index in [1.807, 2.05) is 0 Å². The van der Waals surface area contributed by atoms with Crippen molar-refractivity contribution in [1.82, 2.24) is 10.2 Å². The summed E-state index contributed by atoms with van der Waals surface area (Å²) in [5.74, 6) is 0.868. The van der Waals surface area contributed by atoms with E-state index in [0.29, 0.717) is 12.1 Å². The zero-order valence-corrected chi connectivity index (χ0v) is 9.24. The van der Waals surface area contributed by atoms with Crippen molar-refractivity contribution in [3.8, 4) is 0 Å². The van der Waals surface area contributed by atoms with E-state index in [9.17, 15) is 5.11 Å². The van der Waals surface area contributed by atoms with Crippen molar-refractivity contribution in [3.05, 3.63) is 0 Å². The Morgan fingerprint density at radius 3 is 2.50 bits per heavy atom. The van der Waals surface area contributed by atoms with Gasteiger partial charge in [0.25, 0.3) is 0 Å². The Bertz CT molecular complexity index is 194. The van der Waals surface area contributed by atoms with Crippen LogP contribution in [0.2, 0.25) is 0 Å². The minimum Gasteiger partial charge on any atom is -0.390 e. The summed E-state index contributed by atoms with van der Waals surface area (Å²) in [4.78, 5) is 2.37. The van der Waals surface area contributed by atoms with Crippen LogP contribution in [-0.2, 0) is 0 Å². The third-order valence-electron chi connectivity index (χ3n) is 4.15. The second-order valence-electron chi connectivity index (χ2n) is 4.89. The van der Waals surface area contributed by atoms with E-state index in [1.165, 1.54) is 19.3 Å². The number of hydrogen-bond donors (Lipinski definition) is 2. The van der Waals surface area contributed by atoms with Crippen LogP contribution in [0, 0.1) is 5.92 Å². The average molecular weight is 198 g/mol. The van der Waals surface area contributed by atoms with E-state index in [2.05, 4.69) is 24.2 Å². The molecule has 3 nitrogen and oxygen atoms in total. The first kappa shape index (κ1) is 10.4. The number of aliphatic hydroxyl groups excluding tert-OH is 1. The lowest BCUT2D eigenvalue weighted by molar-refractivity contribution is 0.0420. The van der Waals surface area contributed by atoms with Crippen molar-refractivity contribution in [2.75, 3.05) is 20.1 Å². The molecule has 2 fully saturated rings. The van der Waals surface area contributed by atoms with Crippen molar-refractivity contribution >= 4 is 0 Å². The molecule has 1 saturated heterocycles. The lowest BCUT2D eigenvalue weighted by Crippen LogP contribution is -2.49. The first-order chi connectivity index (χ1) is 6.70. The van der Waals surface area contributed by atoms with Crippen LogP contribution in [0.25, 0.3) is 0 Å². The molecule has 0 amide bonds. The maximum Gasteiger partial charge on any atom is 0.0831 e. The SMILES string of the molecule is CC(C1CCC1)N(C)C1CNCC1O. The number of nitrogens with zero attached hydrogens (tertiary/aromatic N) is 1. The highest BCUT2D eigenvalue weighted by atomic mass is 16.3. The van der Waals surface area contributed by atoms with Gasteiger partial charge in [-0.3, -0.25) is 4.90 Å². The quantitative estimate of drug-likeness (QED) is 0.691. The predicted octanol–water partition coefficient (Wildman–Crippen LogP) is 0.439. The second-order valence-corrected chi connectivity index (χ2v) is 4.89. The van der Waals surface area contributed by atoms with Gasteiger partial charge < -0.3 is 10.4 Å². The standard InChI is InChI=1S/C11H22N2O/c1-8(9-4-3-5-9)13(2)10-6-12-7-11(10)14/h8-12,14H,3-7H2,1-2H3. The molecule has 0 aromatic heterocycles. The molecule has 3 unspecified atom stereocenters. The van der Waals surface area contributed by atoms with Gasteiger partial charge in [0.1, 0.15) is 0 Å². The zero-order valence-electron chi connectivity index (χ0n) is 9.24. The van der Waals surface area contributed by atoms with Gasteiger partial charge in [0.15, 0.2) is 0 Å². The summed E-state index contributed by atoms with van der Waals surface area (Å²) < 4.78 is 0. The van der Waals surface area contributed by atoms with Gasteiger partial charge in [-0.05, 0) is 32.7 Å². The number of β-amino-alcohol motifs (C(OH)–C–C–N with tert-alkyl or cyclic N) is 1. The van der Waals surface area contributed by atoms with Gasteiger partial charge in [-0.25, -0.2) is 0 Å². The zero-order chi connectivity index (χ0) is 10.1. The molecule has 0 aromatic carbocycles. The Hall–Kier alpha value is -0.120. The third kappa shape index (κ3) is 1.81. The molecule has 0 aromatic rings. The van der Waals surface area contributed by atoms with Crippen molar-refractivity contribution in [3.63, 3.8) is 0 Å².